The van der Waals surface area contributed by atoms with Crippen LogP contribution < -0.4 is 16.0 Å². The van der Waals surface area contributed by atoms with E-state index in [0.29, 0.717) is 42.6 Å². The predicted molar refractivity (Wildman–Crippen MR) is 113 cm³/mol. The molecule has 1 amide bonds. The summed E-state index contributed by atoms with van der Waals surface area (Å²) in [5, 5.41) is 2.96. The third kappa shape index (κ3) is 5.87. The van der Waals surface area contributed by atoms with Crippen molar-refractivity contribution in [3.8, 4) is 0 Å². The fraction of sp³-hybridized carbons (Fsp3) is 0.381. The van der Waals surface area contributed by atoms with Gasteiger partial charge in [-0.15, -0.1) is 0 Å². The lowest BCUT2D eigenvalue weighted by atomic mass is 10.1. The van der Waals surface area contributed by atoms with Gasteiger partial charge in [0.1, 0.15) is 0 Å². The molecule has 0 saturated carbocycles. The first-order chi connectivity index (χ1) is 15.1. The number of alkyl halides is 3. The number of benzene rings is 2. The summed E-state index contributed by atoms with van der Waals surface area (Å²) in [7, 11) is 0. The van der Waals surface area contributed by atoms with E-state index in [1.807, 2.05) is 4.90 Å². The molecule has 1 aliphatic rings. The van der Waals surface area contributed by atoms with Crippen molar-refractivity contribution in [1.29, 1.82) is 0 Å². The Morgan fingerprint density at radius 3 is 2.38 bits per heavy atom. The molecule has 2 aromatic rings. The largest absolute Gasteiger partial charge is 0.390 e. The number of nitrogens with zero attached hydrogens (tertiary/aromatic N) is 2. The Morgan fingerprint density at radius 1 is 1.06 bits per heavy atom. The number of piperazine rings is 1. The quantitative estimate of drug-likeness (QED) is 0.607. The third-order valence-corrected chi connectivity index (χ3v) is 5.49. The van der Waals surface area contributed by atoms with Crippen molar-refractivity contribution in [2.24, 2.45) is 5.73 Å². The number of rotatable bonds is 6. The van der Waals surface area contributed by atoms with E-state index in [0.717, 1.165) is 6.07 Å². The van der Waals surface area contributed by atoms with E-state index in [1.165, 1.54) is 18.2 Å². The van der Waals surface area contributed by atoms with Gasteiger partial charge in [-0.1, -0.05) is 17.7 Å². The molecule has 0 radical (unpaired) electrons. The molecule has 0 bridgehead atoms. The number of carbonyl (C=O) groups is 1. The van der Waals surface area contributed by atoms with Gasteiger partial charge in [-0.05, 0) is 24.3 Å². The molecule has 0 spiro atoms. The van der Waals surface area contributed by atoms with E-state index in [4.69, 9.17) is 17.3 Å². The second kappa shape index (κ2) is 10.0. The number of nitrogens with one attached hydrogen (secondary N) is 1. The topological polar surface area (TPSA) is 61.6 Å². The van der Waals surface area contributed by atoms with Crippen LogP contribution in [0, 0.1) is 11.6 Å². The van der Waals surface area contributed by atoms with Crippen LogP contribution in [0.4, 0.5) is 33.3 Å². The maximum Gasteiger partial charge on any atom is 0.390 e. The molecule has 0 aromatic heterocycles. The second-order valence-corrected chi connectivity index (χ2v) is 7.85. The van der Waals surface area contributed by atoms with Crippen LogP contribution in [0.3, 0.4) is 0 Å². The zero-order chi connectivity index (χ0) is 23.5. The van der Waals surface area contributed by atoms with Crippen LogP contribution in [0.2, 0.25) is 5.02 Å². The highest BCUT2D eigenvalue weighted by Gasteiger charge is 2.29. The maximum absolute atomic E-state index is 14.3. The van der Waals surface area contributed by atoms with Crippen LogP contribution in [0.1, 0.15) is 22.3 Å². The molecule has 0 aliphatic carbocycles. The highest BCUT2D eigenvalue weighted by Crippen LogP contribution is 2.31. The summed E-state index contributed by atoms with van der Waals surface area (Å²) < 4.78 is 65.7. The summed E-state index contributed by atoms with van der Waals surface area (Å²) in [6, 6.07) is 7.08. The zero-order valence-corrected chi connectivity index (χ0v) is 17.7. The van der Waals surface area contributed by atoms with Gasteiger partial charge in [0.25, 0.3) is 5.91 Å². The van der Waals surface area contributed by atoms with Crippen molar-refractivity contribution in [2.45, 2.75) is 19.1 Å². The summed E-state index contributed by atoms with van der Waals surface area (Å²) in [5.74, 6) is -3.32. The van der Waals surface area contributed by atoms with E-state index >= 15 is 0 Å². The first-order valence-electron chi connectivity index (χ1n) is 9.91. The lowest BCUT2D eigenvalue weighted by molar-refractivity contribution is -0.138. The zero-order valence-electron chi connectivity index (χ0n) is 17.0. The van der Waals surface area contributed by atoms with E-state index < -0.39 is 35.7 Å². The van der Waals surface area contributed by atoms with Gasteiger partial charge in [-0.3, -0.25) is 9.69 Å². The molecule has 0 unspecified atom stereocenters. The molecule has 5 nitrogen and oxygen atoms in total. The number of nitrogens with two attached hydrogens (primary N) is 1. The summed E-state index contributed by atoms with van der Waals surface area (Å²) in [6.45, 7) is 1.33. The van der Waals surface area contributed by atoms with Crippen molar-refractivity contribution in [2.75, 3.05) is 42.9 Å². The molecule has 3 rings (SSSR count). The minimum Gasteiger partial charge on any atom is -0.367 e. The fourth-order valence-electron chi connectivity index (χ4n) is 3.48. The van der Waals surface area contributed by atoms with Gasteiger partial charge in [-0.2, -0.15) is 13.2 Å². The first-order valence-corrected chi connectivity index (χ1v) is 10.3. The summed E-state index contributed by atoms with van der Waals surface area (Å²) in [4.78, 5) is 16.2. The molecule has 32 heavy (non-hydrogen) atoms. The molecule has 2 aromatic carbocycles. The van der Waals surface area contributed by atoms with Crippen molar-refractivity contribution >= 4 is 28.9 Å². The summed E-state index contributed by atoms with van der Waals surface area (Å²) in [6.07, 6.45) is -5.09. The summed E-state index contributed by atoms with van der Waals surface area (Å²) >= 11 is 6.10. The molecule has 174 valence electrons. The van der Waals surface area contributed by atoms with E-state index in [1.54, 1.807) is 11.0 Å². The Morgan fingerprint density at radius 2 is 1.75 bits per heavy atom. The molecule has 1 fully saturated rings. The number of hydrogen-bond acceptors (Lipinski definition) is 4. The fourth-order valence-corrected chi connectivity index (χ4v) is 3.65. The molecule has 3 N–H and O–H groups in total. The van der Waals surface area contributed by atoms with Gasteiger partial charge >= 0.3 is 6.18 Å². The second-order valence-electron chi connectivity index (χ2n) is 7.41. The van der Waals surface area contributed by atoms with Crippen molar-refractivity contribution < 1.29 is 26.7 Å². The summed E-state index contributed by atoms with van der Waals surface area (Å²) in [5.41, 5.74) is 5.70. The number of anilines is 2. The van der Waals surface area contributed by atoms with E-state index in [2.05, 4.69) is 5.32 Å². The van der Waals surface area contributed by atoms with Gasteiger partial charge in [0.15, 0.2) is 11.6 Å². The minimum atomic E-state index is -4.21. The van der Waals surface area contributed by atoms with Gasteiger partial charge in [-0.25, -0.2) is 8.78 Å². The standard InChI is InChI=1S/C21H22ClF5N4O/c22-14-2-4-16(29-20(32)15-3-1-13(12-28)18(23)19(15)24)17(11-14)31-9-7-30(8-10-31)6-5-21(25,26)27/h1-4,11H,5-10,12,28H2,(H,29,32). The Labute approximate surface area is 186 Å². The van der Waals surface area contributed by atoms with Crippen LogP contribution >= 0.6 is 11.6 Å². The smallest absolute Gasteiger partial charge is 0.367 e. The minimum absolute atomic E-state index is 0.0466. The SMILES string of the molecule is NCc1ccc(C(=O)Nc2ccc(Cl)cc2N2CCN(CCC(F)(F)F)CC2)c(F)c1F. The van der Waals surface area contributed by atoms with Crippen molar-refractivity contribution in [3.63, 3.8) is 0 Å². The Bertz CT molecular complexity index is 977. The number of carbonyl (C=O) groups excluding carboxylic acids is 1. The first kappa shape index (κ1) is 24.2. The van der Waals surface area contributed by atoms with Crippen LogP contribution in [-0.4, -0.2) is 49.7 Å². The number of halogens is 6. The molecular formula is C21H22ClF5N4O. The number of amides is 1. The van der Waals surface area contributed by atoms with Gasteiger partial charge < -0.3 is 16.0 Å². The molecule has 1 heterocycles. The van der Waals surface area contributed by atoms with Crippen LogP contribution in [-0.2, 0) is 6.54 Å². The highest BCUT2D eigenvalue weighted by molar-refractivity contribution is 6.31. The molecule has 1 aliphatic heterocycles. The van der Waals surface area contributed by atoms with Crippen LogP contribution in [0.25, 0.3) is 0 Å². The average molecular weight is 477 g/mol. The molecule has 0 atom stereocenters. The lowest BCUT2D eigenvalue weighted by Gasteiger charge is -2.37. The third-order valence-electron chi connectivity index (χ3n) is 5.26. The monoisotopic (exact) mass is 476 g/mol. The normalized spacial score (nSPS) is 15.2. The van der Waals surface area contributed by atoms with Crippen LogP contribution in [0.15, 0.2) is 30.3 Å². The maximum atomic E-state index is 14.3. The average Bonchev–Trinajstić information content (AvgIpc) is 2.75. The van der Waals surface area contributed by atoms with Crippen molar-refractivity contribution in [1.82, 2.24) is 4.90 Å². The van der Waals surface area contributed by atoms with E-state index in [-0.39, 0.29) is 18.7 Å². The number of hydrogen-bond donors (Lipinski definition) is 2. The van der Waals surface area contributed by atoms with Crippen molar-refractivity contribution in [3.05, 3.63) is 58.1 Å². The lowest BCUT2D eigenvalue weighted by Crippen LogP contribution is -2.47. The molecule has 11 heteroatoms. The van der Waals surface area contributed by atoms with E-state index in [9.17, 15) is 26.7 Å². The predicted octanol–water partition coefficient (Wildman–Crippen LogP) is 4.40. The molecular weight excluding hydrogens is 455 g/mol. The Balaban J connectivity index is 1.74. The Hall–Kier alpha value is -2.43. The van der Waals surface area contributed by atoms with Gasteiger partial charge in [0.2, 0.25) is 0 Å². The van der Waals surface area contributed by atoms with Crippen LogP contribution in [0.5, 0.6) is 0 Å². The molecule has 1 saturated heterocycles. The Kier molecular flexibility index (Phi) is 7.58. The van der Waals surface area contributed by atoms with Gasteiger partial charge in [0.05, 0.1) is 23.4 Å². The highest BCUT2D eigenvalue weighted by atomic mass is 35.5. The van der Waals surface area contributed by atoms with Gasteiger partial charge in [0, 0.05) is 49.9 Å².